The molecule has 0 aromatic carbocycles. The number of aliphatic hydroxyl groups is 2. The molecule has 6 heteroatoms. The van der Waals surface area contributed by atoms with Gasteiger partial charge in [0.1, 0.15) is 6.61 Å². The predicted octanol–water partition coefficient (Wildman–Crippen LogP) is 3.20. The van der Waals surface area contributed by atoms with Crippen LogP contribution in [0.2, 0.25) is 0 Å². The summed E-state index contributed by atoms with van der Waals surface area (Å²) in [6.07, 6.45) is 8.12. The average molecular weight is 455 g/mol. The number of ether oxygens (including phenoxy) is 1. The van der Waals surface area contributed by atoms with Crippen molar-refractivity contribution in [3.63, 3.8) is 0 Å². The first-order chi connectivity index (χ1) is 15.8. The summed E-state index contributed by atoms with van der Waals surface area (Å²) in [4.78, 5) is 16.9. The van der Waals surface area contributed by atoms with Crippen LogP contribution in [0.15, 0.2) is 48.2 Å². The molecule has 0 saturated heterocycles. The number of carbonyl (C=O) groups excluding carboxylic acids is 1. The van der Waals surface area contributed by atoms with Gasteiger partial charge >= 0.3 is 5.97 Å². The average Bonchev–Trinajstić information content (AvgIpc) is 3.24. The topological polar surface area (TPSA) is 91.7 Å². The molecule has 3 aliphatic rings. The van der Waals surface area contributed by atoms with E-state index in [4.69, 9.17) is 4.74 Å². The fourth-order valence-corrected chi connectivity index (χ4v) is 6.77. The fraction of sp³-hybridized carbons (Fsp3) is 0.630. The number of hydrogen-bond acceptors (Lipinski definition) is 6. The van der Waals surface area contributed by atoms with Crippen LogP contribution in [0.4, 0.5) is 0 Å². The lowest BCUT2D eigenvalue weighted by molar-refractivity contribution is -0.153. The number of aromatic nitrogens is 1. The molecule has 4 rings (SSSR count). The number of allylic oxidation sites excluding steroid dienone is 1. The Morgan fingerprint density at radius 2 is 2.15 bits per heavy atom. The highest BCUT2D eigenvalue weighted by atomic mass is 16.5. The lowest BCUT2D eigenvalue weighted by Crippen LogP contribution is -2.58. The number of carbonyl (C=O) groups is 1. The van der Waals surface area contributed by atoms with Gasteiger partial charge in [0.05, 0.1) is 18.3 Å². The number of rotatable bonds is 8. The Hall–Kier alpha value is -2.02. The number of esters is 1. The second kappa shape index (κ2) is 9.69. The molecule has 0 radical (unpaired) electrons. The number of nitrogens with zero attached hydrogens (tertiary/aromatic N) is 1. The van der Waals surface area contributed by atoms with Crippen molar-refractivity contribution in [3.05, 3.63) is 53.9 Å². The first-order valence-corrected chi connectivity index (χ1v) is 12.3. The molecule has 1 aliphatic heterocycles. The molecule has 1 aromatic heterocycles. The minimum atomic E-state index is -0.514. The van der Waals surface area contributed by atoms with Gasteiger partial charge in [-0.3, -0.25) is 4.98 Å². The summed E-state index contributed by atoms with van der Waals surface area (Å²) in [5.41, 5.74) is 2.33. The Bertz CT molecular complexity index is 901. The van der Waals surface area contributed by atoms with Gasteiger partial charge in [-0.15, -0.1) is 0 Å². The first-order valence-electron chi connectivity index (χ1n) is 12.3. The zero-order chi connectivity index (χ0) is 23.6. The largest absolute Gasteiger partial charge is 0.458 e. The van der Waals surface area contributed by atoms with Crippen molar-refractivity contribution in [2.75, 3.05) is 19.8 Å². The number of nitrogens with one attached hydrogen (secondary N) is 1. The highest BCUT2D eigenvalue weighted by Gasteiger charge is 2.57. The molecule has 0 amide bonds. The van der Waals surface area contributed by atoms with E-state index in [0.717, 1.165) is 37.8 Å². The molecular weight excluding hydrogens is 416 g/mol. The standard InChI is InChI=1S/C27H38N2O4/c1-18-7-8-23-26(2,12-9-24(31)27(23,3)17-30)21(18)16-22(20-11-15-33-25(20)32)29-14-10-19-6-4-5-13-28-19/h4-6,11,13,21-24,29-31H,1,7-10,12,14-17H2,2-3H3/t21-,22?,23?,24-,26+,27+/m1/s1. The van der Waals surface area contributed by atoms with Crippen LogP contribution in [-0.4, -0.2) is 53.1 Å². The van der Waals surface area contributed by atoms with Crippen LogP contribution >= 0.6 is 0 Å². The molecule has 2 unspecified atom stereocenters. The molecular formula is C27H38N2O4. The fourth-order valence-electron chi connectivity index (χ4n) is 6.77. The Balaban J connectivity index is 1.56. The van der Waals surface area contributed by atoms with Gasteiger partial charge in [-0.2, -0.15) is 0 Å². The molecule has 2 fully saturated rings. The van der Waals surface area contributed by atoms with Crippen molar-refractivity contribution in [1.29, 1.82) is 0 Å². The molecule has 2 saturated carbocycles. The van der Waals surface area contributed by atoms with Crippen LogP contribution < -0.4 is 5.32 Å². The summed E-state index contributed by atoms with van der Waals surface area (Å²) >= 11 is 0. The minimum Gasteiger partial charge on any atom is -0.458 e. The number of pyridine rings is 1. The number of fused-ring (bicyclic) bond motifs is 1. The van der Waals surface area contributed by atoms with Gasteiger partial charge in [0.15, 0.2) is 0 Å². The maximum absolute atomic E-state index is 12.5. The van der Waals surface area contributed by atoms with E-state index in [9.17, 15) is 15.0 Å². The summed E-state index contributed by atoms with van der Waals surface area (Å²) in [7, 11) is 0. The van der Waals surface area contributed by atoms with Gasteiger partial charge in [-0.25, -0.2) is 4.79 Å². The van der Waals surface area contributed by atoms with Crippen molar-refractivity contribution in [1.82, 2.24) is 10.3 Å². The molecule has 6 atom stereocenters. The maximum atomic E-state index is 12.5. The zero-order valence-electron chi connectivity index (χ0n) is 19.9. The van der Waals surface area contributed by atoms with E-state index in [1.54, 1.807) is 6.20 Å². The third-order valence-corrected chi connectivity index (χ3v) is 8.79. The third-order valence-electron chi connectivity index (χ3n) is 8.79. The summed E-state index contributed by atoms with van der Waals surface area (Å²) in [5, 5.41) is 24.7. The number of aliphatic hydroxyl groups excluding tert-OH is 2. The summed E-state index contributed by atoms with van der Waals surface area (Å²) in [5.74, 6) is 0.150. The van der Waals surface area contributed by atoms with Crippen LogP contribution in [-0.2, 0) is 16.0 Å². The van der Waals surface area contributed by atoms with Crippen LogP contribution in [0.5, 0.6) is 0 Å². The van der Waals surface area contributed by atoms with E-state index >= 15 is 0 Å². The smallest absolute Gasteiger partial charge is 0.335 e. The summed E-state index contributed by atoms with van der Waals surface area (Å²) in [6.45, 7) is 9.81. The lowest BCUT2D eigenvalue weighted by Gasteiger charge is -2.60. The normalized spacial score (nSPS) is 35.0. The maximum Gasteiger partial charge on any atom is 0.335 e. The summed E-state index contributed by atoms with van der Waals surface area (Å²) < 4.78 is 5.25. The van der Waals surface area contributed by atoms with E-state index in [0.29, 0.717) is 25.1 Å². The van der Waals surface area contributed by atoms with Crippen LogP contribution in [0, 0.1) is 22.7 Å². The highest BCUT2D eigenvalue weighted by Crippen LogP contribution is 2.61. The van der Waals surface area contributed by atoms with E-state index in [2.05, 4.69) is 23.8 Å². The van der Waals surface area contributed by atoms with Crippen LogP contribution in [0.3, 0.4) is 0 Å². The monoisotopic (exact) mass is 454 g/mol. The van der Waals surface area contributed by atoms with Gasteiger partial charge in [0.2, 0.25) is 0 Å². The van der Waals surface area contributed by atoms with Gasteiger partial charge < -0.3 is 20.3 Å². The van der Waals surface area contributed by atoms with Crippen molar-refractivity contribution < 1.29 is 19.7 Å². The molecule has 2 aliphatic carbocycles. The van der Waals surface area contributed by atoms with Gasteiger partial charge in [-0.1, -0.05) is 32.1 Å². The van der Waals surface area contributed by atoms with Gasteiger partial charge in [-0.05, 0) is 67.6 Å². The minimum absolute atomic E-state index is 0.0170. The highest BCUT2D eigenvalue weighted by molar-refractivity contribution is 5.91. The Labute approximate surface area is 197 Å². The SMILES string of the molecule is C=C1CCC2[C@](C)(CO)[C@H](O)CC[C@@]2(C)[C@@H]1CC(NCCc1ccccn1)C1=CCOC1=O. The Morgan fingerprint density at radius 3 is 2.82 bits per heavy atom. The lowest BCUT2D eigenvalue weighted by atomic mass is 9.46. The van der Waals surface area contributed by atoms with Crippen molar-refractivity contribution in [2.24, 2.45) is 22.7 Å². The van der Waals surface area contributed by atoms with Crippen LogP contribution in [0.25, 0.3) is 0 Å². The summed E-state index contributed by atoms with van der Waals surface area (Å²) in [6, 6.07) is 5.77. The molecule has 6 nitrogen and oxygen atoms in total. The molecule has 1 aromatic rings. The van der Waals surface area contributed by atoms with E-state index in [1.165, 1.54) is 5.57 Å². The van der Waals surface area contributed by atoms with E-state index in [-0.39, 0.29) is 35.9 Å². The van der Waals surface area contributed by atoms with E-state index in [1.807, 2.05) is 31.2 Å². The quantitative estimate of drug-likeness (QED) is 0.413. The molecule has 33 heavy (non-hydrogen) atoms. The second-order valence-corrected chi connectivity index (χ2v) is 10.6. The van der Waals surface area contributed by atoms with Crippen molar-refractivity contribution >= 4 is 5.97 Å². The molecule has 0 spiro atoms. The van der Waals surface area contributed by atoms with Crippen molar-refractivity contribution in [2.45, 2.75) is 64.5 Å². The molecule has 2 heterocycles. The van der Waals surface area contributed by atoms with E-state index < -0.39 is 11.5 Å². The van der Waals surface area contributed by atoms with Crippen LogP contribution in [0.1, 0.15) is 51.6 Å². The first kappa shape index (κ1) is 24.1. The number of hydrogen-bond donors (Lipinski definition) is 3. The third kappa shape index (κ3) is 4.53. The molecule has 3 N–H and O–H groups in total. The predicted molar refractivity (Wildman–Crippen MR) is 127 cm³/mol. The number of cyclic esters (lactones) is 1. The zero-order valence-corrected chi connectivity index (χ0v) is 19.9. The van der Waals surface area contributed by atoms with Gasteiger partial charge in [0, 0.05) is 36.3 Å². The Kier molecular flexibility index (Phi) is 7.08. The second-order valence-electron chi connectivity index (χ2n) is 10.6. The Morgan fingerprint density at radius 1 is 1.33 bits per heavy atom. The van der Waals surface area contributed by atoms with Crippen molar-refractivity contribution in [3.8, 4) is 0 Å². The molecule has 180 valence electrons. The molecule has 0 bridgehead atoms. The van der Waals surface area contributed by atoms with Gasteiger partial charge in [0.25, 0.3) is 0 Å².